The van der Waals surface area contributed by atoms with Gasteiger partial charge in [0, 0.05) is 10.4 Å². The molecule has 2 aromatic heterocycles. The van der Waals surface area contributed by atoms with E-state index < -0.39 is 5.76 Å². The number of anilines is 1. The summed E-state index contributed by atoms with van der Waals surface area (Å²) >= 11 is 1.52. The number of aromatic amines is 1. The molecule has 0 fully saturated rings. The number of H-pyrrole nitrogens is 1. The van der Waals surface area contributed by atoms with Gasteiger partial charge in [-0.1, -0.05) is 0 Å². The van der Waals surface area contributed by atoms with Crippen molar-refractivity contribution in [2.75, 3.05) is 5.73 Å². The fourth-order valence-electron chi connectivity index (χ4n) is 3.07. The molecule has 1 aliphatic carbocycles. The van der Waals surface area contributed by atoms with E-state index in [1.807, 2.05) is 0 Å². The number of aryl methyl sites for hydroxylation is 1. The highest BCUT2D eigenvalue weighted by molar-refractivity contribution is 7.16. The molecule has 0 bridgehead atoms. The van der Waals surface area contributed by atoms with Crippen LogP contribution in [0.2, 0.25) is 0 Å². The molecule has 0 aliphatic heterocycles. The van der Waals surface area contributed by atoms with Crippen molar-refractivity contribution in [3.63, 3.8) is 0 Å². The summed E-state index contributed by atoms with van der Waals surface area (Å²) < 4.78 is 5.03. The van der Waals surface area contributed by atoms with E-state index in [-0.39, 0.29) is 5.78 Å². The van der Waals surface area contributed by atoms with Crippen molar-refractivity contribution in [3.8, 4) is 0 Å². The van der Waals surface area contributed by atoms with Crippen molar-refractivity contribution in [1.29, 1.82) is 0 Å². The molecular weight excluding hydrogens is 300 g/mol. The van der Waals surface area contributed by atoms with E-state index in [9.17, 15) is 9.59 Å². The van der Waals surface area contributed by atoms with Crippen LogP contribution in [0.15, 0.2) is 27.4 Å². The first kappa shape index (κ1) is 13.3. The van der Waals surface area contributed by atoms with Gasteiger partial charge >= 0.3 is 5.76 Å². The Hall–Kier alpha value is -2.34. The average Bonchev–Trinajstić information content (AvgIpc) is 3.03. The van der Waals surface area contributed by atoms with Crippen LogP contribution in [0.25, 0.3) is 11.1 Å². The molecule has 22 heavy (non-hydrogen) atoms. The van der Waals surface area contributed by atoms with E-state index in [2.05, 4.69) is 4.98 Å². The minimum atomic E-state index is -0.521. The Labute approximate surface area is 129 Å². The van der Waals surface area contributed by atoms with Gasteiger partial charge in [0.15, 0.2) is 11.4 Å². The second-order valence-electron chi connectivity index (χ2n) is 5.50. The van der Waals surface area contributed by atoms with Gasteiger partial charge in [-0.15, -0.1) is 11.3 Å². The van der Waals surface area contributed by atoms with Crippen LogP contribution in [0, 0.1) is 0 Å². The molecule has 6 heteroatoms. The number of aromatic nitrogens is 1. The smallest absolute Gasteiger partial charge is 0.408 e. The number of nitrogen functional groups attached to an aromatic ring is 1. The summed E-state index contributed by atoms with van der Waals surface area (Å²) in [6.45, 7) is 0. The van der Waals surface area contributed by atoms with E-state index >= 15 is 0 Å². The maximum Gasteiger partial charge on any atom is 0.417 e. The molecule has 1 aromatic carbocycles. The van der Waals surface area contributed by atoms with Crippen LogP contribution in [0.3, 0.4) is 0 Å². The van der Waals surface area contributed by atoms with Crippen molar-refractivity contribution in [2.45, 2.75) is 25.7 Å². The van der Waals surface area contributed by atoms with Crippen LogP contribution in [-0.4, -0.2) is 10.8 Å². The molecule has 0 atom stereocenters. The van der Waals surface area contributed by atoms with Crippen LogP contribution in [0.4, 0.5) is 5.00 Å². The van der Waals surface area contributed by atoms with E-state index in [1.54, 1.807) is 18.2 Å². The minimum absolute atomic E-state index is 0.0948. The van der Waals surface area contributed by atoms with Gasteiger partial charge in [-0.25, -0.2) is 4.79 Å². The lowest BCUT2D eigenvalue weighted by Crippen LogP contribution is -2.09. The van der Waals surface area contributed by atoms with Crippen molar-refractivity contribution in [2.24, 2.45) is 0 Å². The summed E-state index contributed by atoms with van der Waals surface area (Å²) in [6.07, 6.45) is 4.16. The first-order chi connectivity index (χ1) is 10.6. The second-order valence-corrected chi connectivity index (χ2v) is 6.64. The highest BCUT2D eigenvalue weighted by Crippen LogP contribution is 2.37. The SMILES string of the molecule is Nc1sc2c(c1C(=O)c1ccc3[nH]c(=O)oc3c1)CCCC2. The van der Waals surface area contributed by atoms with E-state index in [1.165, 1.54) is 16.2 Å². The molecule has 0 saturated carbocycles. The van der Waals surface area contributed by atoms with E-state index in [0.29, 0.717) is 27.2 Å². The molecular formula is C16H14N2O3S. The lowest BCUT2D eigenvalue weighted by Gasteiger charge is -2.12. The predicted molar refractivity (Wildman–Crippen MR) is 85.6 cm³/mol. The summed E-state index contributed by atoms with van der Waals surface area (Å²) in [5.41, 5.74) is 9.30. The average molecular weight is 314 g/mol. The normalized spacial score (nSPS) is 14.2. The standard InChI is InChI=1S/C16H14N2O3S/c17-15-13(9-3-1-2-4-12(9)22-15)14(19)8-5-6-10-11(7-8)21-16(20)18-10/h5-7H,1-4,17H2,(H,18,20). The lowest BCUT2D eigenvalue weighted by molar-refractivity contribution is 0.103. The Bertz CT molecular complexity index is 948. The molecule has 0 unspecified atom stereocenters. The summed E-state index contributed by atoms with van der Waals surface area (Å²) in [7, 11) is 0. The van der Waals surface area contributed by atoms with Crippen LogP contribution >= 0.6 is 11.3 Å². The Kier molecular flexibility index (Phi) is 2.94. The van der Waals surface area contributed by atoms with E-state index in [0.717, 1.165) is 31.2 Å². The Morgan fingerprint density at radius 3 is 2.95 bits per heavy atom. The first-order valence-electron chi connectivity index (χ1n) is 7.21. The third-order valence-corrected chi connectivity index (χ3v) is 5.23. The molecule has 2 heterocycles. The fourth-order valence-corrected chi connectivity index (χ4v) is 4.22. The molecule has 0 radical (unpaired) electrons. The molecule has 1 aliphatic rings. The monoisotopic (exact) mass is 314 g/mol. The van der Waals surface area contributed by atoms with Crippen molar-refractivity contribution in [3.05, 3.63) is 50.3 Å². The van der Waals surface area contributed by atoms with Gasteiger partial charge in [-0.05, 0) is 49.4 Å². The molecule has 5 nitrogen and oxygen atoms in total. The topological polar surface area (TPSA) is 89.1 Å². The quantitative estimate of drug-likeness (QED) is 0.712. The summed E-state index contributed by atoms with van der Waals surface area (Å²) in [5, 5.41) is 0.590. The number of thiophene rings is 1. The van der Waals surface area contributed by atoms with Gasteiger partial charge in [0.05, 0.1) is 16.1 Å². The number of ketones is 1. The summed E-state index contributed by atoms with van der Waals surface area (Å²) in [5.74, 6) is -0.616. The third kappa shape index (κ3) is 1.99. The van der Waals surface area contributed by atoms with Gasteiger partial charge in [0.2, 0.25) is 0 Å². The molecule has 3 aromatic rings. The van der Waals surface area contributed by atoms with Gasteiger partial charge in [-0.2, -0.15) is 0 Å². The number of oxazole rings is 1. The Morgan fingerprint density at radius 2 is 2.09 bits per heavy atom. The number of benzene rings is 1. The molecule has 112 valence electrons. The minimum Gasteiger partial charge on any atom is -0.408 e. The Balaban J connectivity index is 1.83. The highest BCUT2D eigenvalue weighted by Gasteiger charge is 2.25. The van der Waals surface area contributed by atoms with E-state index in [4.69, 9.17) is 10.2 Å². The second kappa shape index (κ2) is 4.84. The zero-order chi connectivity index (χ0) is 15.3. The molecule has 4 rings (SSSR count). The number of carbonyl (C=O) groups is 1. The van der Waals surface area contributed by atoms with Gasteiger partial charge in [0.25, 0.3) is 0 Å². The zero-order valence-corrected chi connectivity index (χ0v) is 12.6. The lowest BCUT2D eigenvalue weighted by atomic mass is 9.92. The number of rotatable bonds is 2. The van der Waals surface area contributed by atoms with Gasteiger partial charge < -0.3 is 10.2 Å². The Morgan fingerprint density at radius 1 is 1.27 bits per heavy atom. The first-order valence-corrected chi connectivity index (χ1v) is 8.03. The van der Waals surface area contributed by atoms with Gasteiger partial charge in [0.1, 0.15) is 0 Å². The predicted octanol–water partition coefficient (Wildman–Crippen LogP) is 2.87. The van der Waals surface area contributed by atoms with Crippen molar-refractivity contribution < 1.29 is 9.21 Å². The number of fused-ring (bicyclic) bond motifs is 2. The molecule has 0 spiro atoms. The fraction of sp³-hybridized carbons (Fsp3) is 0.250. The van der Waals surface area contributed by atoms with Gasteiger partial charge in [-0.3, -0.25) is 9.78 Å². The van der Waals surface area contributed by atoms with Crippen LogP contribution < -0.4 is 11.5 Å². The summed E-state index contributed by atoms with van der Waals surface area (Å²) in [4.78, 5) is 27.9. The van der Waals surface area contributed by atoms with Crippen LogP contribution in [-0.2, 0) is 12.8 Å². The number of nitrogens with one attached hydrogen (secondary N) is 1. The number of carbonyl (C=O) groups excluding carboxylic acids is 1. The zero-order valence-electron chi connectivity index (χ0n) is 11.8. The maximum atomic E-state index is 12.8. The molecule has 3 N–H and O–H groups in total. The summed E-state index contributed by atoms with van der Waals surface area (Å²) in [6, 6.07) is 4.98. The number of nitrogens with two attached hydrogens (primary N) is 1. The largest absolute Gasteiger partial charge is 0.417 e. The van der Waals surface area contributed by atoms with Crippen molar-refractivity contribution in [1.82, 2.24) is 4.98 Å². The van der Waals surface area contributed by atoms with Crippen LogP contribution in [0.1, 0.15) is 39.2 Å². The highest BCUT2D eigenvalue weighted by atomic mass is 32.1. The number of hydrogen-bond donors (Lipinski definition) is 2. The maximum absolute atomic E-state index is 12.8. The number of hydrogen-bond acceptors (Lipinski definition) is 5. The third-order valence-electron chi connectivity index (χ3n) is 4.11. The molecule has 0 amide bonds. The van der Waals surface area contributed by atoms with Crippen LogP contribution in [0.5, 0.6) is 0 Å². The molecule has 0 saturated heterocycles. The van der Waals surface area contributed by atoms with Crippen molar-refractivity contribution >= 4 is 33.2 Å².